The number of rotatable bonds is 8. The Bertz CT molecular complexity index is 1010. The minimum atomic E-state index is -0.238. The summed E-state index contributed by atoms with van der Waals surface area (Å²) in [5.74, 6) is 0.827. The molecule has 3 aromatic rings. The number of anilines is 1. The van der Waals surface area contributed by atoms with Gasteiger partial charge in [-0.05, 0) is 53.9 Å². The minimum Gasteiger partial charge on any atom is -0.493 e. The number of ether oxygens (including phenoxy) is 1. The van der Waals surface area contributed by atoms with Crippen molar-refractivity contribution >= 4 is 17.5 Å². The number of hydrogen-bond acceptors (Lipinski definition) is 3. The standard InChI is InChI=1S/C26H28N2O3/c1-19(2)18-31-24-14-12-21(13-15-24)25(29)27-23-11-7-10-22(16-23)26(30)28(3)17-20-8-5-4-6-9-20/h4-16,19H,17-18H2,1-3H3,(H,27,29). The molecule has 31 heavy (non-hydrogen) atoms. The van der Waals surface area contributed by atoms with Crippen molar-refractivity contribution in [1.29, 1.82) is 0 Å². The summed E-state index contributed by atoms with van der Waals surface area (Å²) in [6, 6.07) is 23.8. The largest absolute Gasteiger partial charge is 0.493 e. The molecular formula is C26H28N2O3. The molecule has 0 saturated carbocycles. The fourth-order valence-electron chi connectivity index (χ4n) is 3.05. The van der Waals surface area contributed by atoms with Gasteiger partial charge in [-0.2, -0.15) is 0 Å². The molecule has 0 saturated heterocycles. The first-order valence-corrected chi connectivity index (χ1v) is 10.4. The quantitative estimate of drug-likeness (QED) is 0.546. The average Bonchev–Trinajstić information content (AvgIpc) is 2.78. The van der Waals surface area contributed by atoms with Gasteiger partial charge in [-0.15, -0.1) is 0 Å². The molecule has 160 valence electrons. The van der Waals surface area contributed by atoms with E-state index in [2.05, 4.69) is 19.2 Å². The molecule has 5 heteroatoms. The normalized spacial score (nSPS) is 10.6. The van der Waals surface area contributed by atoms with E-state index in [4.69, 9.17) is 4.74 Å². The highest BCUT2D eigenvalue weighted by Crippen LogP contribution is 2.17. The summed E-state index contributed by atoms with van der Waals surface area (Å²) in [6.07, 6.45) is 0. The Hall–Kier alpha value is -3.60. The topological polar surface area (TPSA) is 58.6 Å². The maximum absolute atomic E-state index is 12.8. The molecule has 3 aromatic carbocycles. The molecule has 0 atom stereocenters. The number of nitrogens with zero attached hydrogens (tertiary/aromatic N) is 1. The first-order chi connectivity index (χ1) is 14.9. The number of nitrogens with one attached hydrogen (secondary N) is 1. The summed E-state index contributed by atoms with van der Waals surface area (Å²) >= 11 is 0. The number of amides is 2. The third-order valence-electron chi connectivity index (χ3n) is 4.68. The minimum absolute atomic E-state index is 0.105. The summed E-state index contributed by atoms with van der Waals surface area (Å²) < 4.78 is 5.65. The van der Waals surface area contributed by atoms with Crippen molar-refractivity contribution in [3.05, 3.63) is 95.6 Å². The van der Waals surface area contributed by atoms with Crippen molar-refractivity contribution in [2.45, 2.75) is 20.4 Å². The van der Waals surface area contributed by atoms with E-state index >= 15 is 0 Å². The third-order valence-corrected chi connectivity index (χ3v) is 4.68. The Kier molecular flexibility index (Phi) is 7.44. The van der Waals surface area contributed by atoms with Gasteiger partial charge in [0.1, 0.15) is 5.75 Å². The Labute approximate surface area is 183 Å². The molecule has 0 aromatic heterocycles. The highest BCUT2D eigenvalue weighted by Gasteiger charge is 2.14. The van der Waals surface area contributed by atoms with E-state index in [1.54, 1.807) is 60.5 Å². The summed E-state index contributed by atoms with van der Waals surface area (Å²) in [4.78, 5) is 27.1. The number of carbonyl (C=O) groups is 2. The van der Waals surface area contributed by atoms with Gasteiger partial charge in [-0.1, -0.05) is 50.2 Å². The summed E-state index contributed by atoms with van der Waals surface area (Å²) in [6.45, 7) is 5.31. The van der Waals surface area contributed by atoms with Crippen molar-refractivity contribution < 1.29 is 14.3 Å². The predicted octanol–water partition coefficient (Wildman–Crippen LogP) is 5.25. The van der Waals surface area contributed by atoms with Crippen LogP contribution >= 0.6 is 0 Å². The summed E-state index contributed by atoms with van der Waals surface area (Å²) in [5.41, 5.74) is 2.68. The van der Waals surface area contributed by atoms with Gasteiger partial charge < -0.3 is 15.0 Å². The first kappa shape index (κ1) is 22.1. The predicted molar refractivity (Wildman–Crippen MR) is 123 cm³/mol. The zero-order valence-electron chi connectivity index (χ0n) is 18.2. The lowest BCUT2D eigenvalue weighted by Crippen LogP contribution is -2.26. The molecule has 2 amide bonds. The van der Waals surface area contributed by atoms with E-state index in [-0.39, 0.29) is 11.8 Å². The molecule has 0 bridgehead atoms. The third kappa shape index (κ3) is 6.44. The Morgan fingerprint density at radius 1 is 0.903 bits per heavy atom. The number of hydrogen-bond donors (Lipinski definition) is 1. The molecule has 0 aliphatic carbocycles. The molecule has 0 aliphatic rings. The lowest BCUT2D eigenvalue weighted by molar-refractivity contribution is 0.0784. The molecule has 0 spiro atoms. The molecule has 0 fully saturated rings. The smallest absolute Gasteiger partial charge is 0.255 e. The molecule has 1 N–H and O–H groups in total. The van der Waals surface area contributed by atoms with Crippen LogP contribution in [0.1, 0.15) is 40.1 Å². The fourth-order valence-corrected chi connectivity index (χ4v) is 3.05. The Morgan fingerprint density at radius 2 is 1.61 bits per heavy atom. The van der Waals surface area contributed by atoms with Crippen LogP contribution in [0.25, 0.3) is 0 Å². The second-order valence-electron chi connectivity index (χ2n) is 7.91. The molecule has 5 nitrogen and oxygen atoms in total. The van der Waals surface area contributed by atoms with Gasteiger partial charge in [-0.25, -0.2) is 0 Å². The van der Waals surface area contributed by atoms with Gasteiger partial charge >= 0.3 is 0 Å². The van der Waals surface area contributed by atoms with Gasteiger partial charge in [0.15, 0.2) is 0 Å². The molecule has 0 heterocycles. The van der Waals surface area contributed by atoms with Crippen LogP contribution < -0.4 is 10.1 Å². The van der Waals surface area contributed by atoms with Crippen molar-refractivity contribution in [2.75, 3.05) is 19.0 Å². The maximum atomic E-state index is 12.8. The van der Waals surface area contributed by atoms with Gasteiger partial charge in [0.2, 0.25) is 0 Å². The van der Waals surface area contributed by atoms with Crippen LogP contribution in [0.3, 0.4) is 0 Å². The number of benzene rings is 3. The second kappa shape index (κ2) is 10.4. The van der Waals surface area contributed by atoms with Crippen LogP contribution in [0.5, 0.6) is 5.75 Å². The van der Waals surface area contributed by atoms with Crippen molar-refractivity contribution in [3.63, 3.8) is 0 Å². The first-order valence-electron chi connectivity index (χ1n) is 10.4. The van der Waals surface area contributed by atoms with E-state index in [0.717, 1.165) is 11.3 Å². The Balaban J connectivity index is 1.63. The van der Waals surface area contributed by atoms with Crippen molar-refractivity contribution in [3.8, 4) is 5.75 Å². The zero-order valence-corrected chi connectivity index (χ0v) is 18.2. The van der Waals surface area contributed by atoms with Crippen molar-refractivity contribution in [1.82, 2.24) is 4.90 Å². The van der Waals surface area contributed by atoms with E-state index in [1.807, 2.05) is 30.3 Å². The van der Waals surface area contributed by atoms with Gasteiger partial charge in [0, 0.05) is 30.4 Å². The fraction of sp³-hybridized carbons (Fsp3) is 0.231. The molecule has 0 aliphatic heterocycles. The van der Waals surface area contributed by atoms with E-state index in [9.17, 15) is 9.59 Å². The van der Waals surface area contributed by atoms with Crippen LogP contribution in [-0.4, -0.2) is 30.4 Å². The van der Waals surface area contributed by atoms with Crippen LogP contribution in [0.2, 0.25) is 0 Å². The van der Waals surface area contributed by atoms with Gasteiger partial charge in [-0.3, -0.25) is 9.59 Å². The highest BCUT2D eigenvalue weighted by atomic mass is 16.5. The van der Waals surface area contributed by atoms with Crippen LogP contribution in [0, 0.1) is 5.92 Å². The maximum Gasteiger partial charge on any atom is 0.255 e. The van der Waals surface area contributed by atoms with Crippen LogP contribution in [-0.2, 0) is 6.54 Å². The number of carbonyl (C=O) groups excluding carboxylic acids is 2. The van der Waals surface area contributed by atoms with Gasteiger partial charge in [0.05, 0.1) is 6.61 Å². The summed E-state index contributed by atoms with van der Waals surface area (Å²) in [7, 11) is 1.77. The van der Waals surface area contributed by atoms with E-state index < -0.39 is 0 Å². The lowest BCUT2D eigenvalue weighted by atomic mass is 10.1. The zero-order chi connectivity index (χ0) is 22.2. The molecule has 0 radical (unpaired) electrons. The molecular weight excluding hydrogens is 388 g/mol. The van der Waals surface area contributed by atoms with Crippen LogP contribution in [0.15, 0.2) is 78.9 Å². The molecule has 0 unspecified atom stereocenters. The molecule has 3 rings (SSSR count). The average molecular weight is 417 g/mol. The highest BCUT2D eigenvalue weighted by molar-refractivity contribution is 6.05. The van der Waals surface area contributed by atoms with E-state index in [0.29, 0.717) is 35.9 Å². The Morgan fingerprint density at radius 3 is 2.29 bits per heavy atom. The van der Waals surface area contributed by atoms with E-state index in [1.165, 1.54) is 0 Å². The monoisotopic (exact) mass is 416 g/mol. The SMILES string of the molecule is CC(C)COc1ccc(C(=O)Nc2cccc(C(=O)N(C)Cc3ccccc3)c2)cc1. The lowest BCUT2D eigenvalue weighted by Gasteiger charge is -2.18. The second-order valence-corrected chi connectivity index (χ2v) is 7.91. The van der Waals surface area contributed by atoms with Crippen molar-refractivity contribution in [2.24, 2.45) is 5.92 Å². The van der Waals surface area contributed by atoms with Crippen LogP contribution in [0.4, 0.5) is 5.69 Å². The van der Waals surface area contributed by atoms with Gasteiger partial charge in [0.25, 0.3) is 11.8 Å². The summed E-state index contributed by atoms with van der Waals surface area (Å²) in [5, 5.41) is 2.86.